The first kappa shape index (κ1) is 10.1. The van der Waals surface area contributed by atoms with Crippen molar-refractivity contribution in [2.75, 3.05) is 7.09 Å². The molecule has 0 N–H and O–H groups in total. The lowest BCUT2D eigenvalue weighted by molar-refractivity contribution is -0.141. The number of hydrogen-bond acceptors (Lipinski definition) is 4. The minimum absolute atomic E-state index is 0.0729. The van der Waals surface area contributed by atoms with E-state index in [4.69, 9.17) is 6.11 Å². The number of halogens is 3. The Labute approximate surface area is 93.9 Å². The van der Waals surface area contributed by atoms with Crippen LogP contribution in [0.15, 0.2) is 23.1 Å². The summed E-state index contributed by atoms with van der Waals surface area (Å²) in [6.07, 6.45) is -3.54. The summed E-state index contributed by atoms with van der Waals surface area (Å²) in [6, 6.07) is 1.65. The summed E-state index contributed by atoms with van der Waals surface area (Å²) in [5.41, 5.74) is -2.21. The Morgan fingerprint density at radius 2 is 2.24 bits per heavy atom. The van der Waals surface area contributed by atoms with Crippen molar-refractivity contribution >= 4 is 5.78 Å². The van der Waals surface area contributed by atoms with Crippen LogP contribution < -0.4 is 10.3 Å². The Kier molecular flexibility index (Phi) is 2.20. The average molecular weight is 246 g/mol. The normalized spacial score (nSPS) is 12.5. The third-order valence-corrected chi connectivity index (χ3v) is 1.95. The number of alkyl halides is 3. The maximum Gasteiger partial charge on any atom is 0.433 e. The molecular weight excluding hydrogens is 239 g/mol. The average Bonchev–Trinajstić information content (AvgIpc) is 2.27. The summed E-state index contributed by atoms with van der Waals surface area (Å²) in [7, 11) is -0.438. The summed E-state index contributed by atoms with van der Waals surface area (Å²) in [5, 5.41) is 0. The molecule has 2 aromatic heterocycles. The number of methoxy groups -OCH3 is 1. The van der Waals surface area contributed by atoms with E-state index in [0.29, 0.717) is 6.07 Å². The molecule has 0 saturated carbocycles. The molecule has 2 aromatic rings. The molecular formula is C9H6F3N3O2. The lowest BCUT2D eigenvalue weighted by atomic mass is 10.4. The maximum atomic E-state index is 12.4. The molecule has 0 fully saturated rings. The van der Waals surface area contributed by atoms with Crippen LogP contribution in [0.2, 0.25) is 0 Å². The molecule has 0 aliphatic rings. The van der Waals surface area contributed by atoms with Gasteiger partial charge in [-0.25, -0.2) is 4.98 Å². The van der Waals surface area contributed by atoms with Gasteiger partial charge in [0, 0.05) is 18.3 Å². The molecule has 0 spiro atoms. The summed E-state index contributed by atoms with van der Waals surface area (Å²) in [5.74, 6) is -0.503. The molecule has 0 aliphatic carbocycles. The molecule has 0 amide bonds. The van der Waals surface area contributed by atoms with Crippen LogP contribution in [-0.4, -0.2) is 21.5 Å². The predicted molar refractivity (Wildman–Crippen MR) is 50.8 cm³/mol. The smallest absolute Gasteiger partial charge is 0.433 e. The van der Waals surface area contributed by atoms with E-state index in [1.54, 1.807) is 0 Å². The lowest BCUT2D eigenvalue weighted by Gasteiger charge is -2.07. The highest BCUT2D eigenvalue weighted by molar-refractivity contribution is 5.32. The van der Waals surface area contributed by atoms with E-state index in [9.17, 15) is 18.0 Å². The molecule has 0 unspecified atom stereocenters. The standard InChI is InChI=1S/C9H6F3N3O2/c1-17-6-2-3-15-7(16)4-5(9(10,11)12)13-8(15)14-6/h2-4H,1H3/i1D. The molecule has 17 heavy (non-hydrogen) atoms. The van der Waals surface area contributed by atoms with Crippen LogP contribution in [0.25, 0.3) is 5.78 Å². The zero-order valence-electron chi connectivity index (χ0n) is 9.23. The fourth-order valence-electron chi connectivity index (χ4n) is 1.20. The highest BCUT2D eigenvalue weighted by atomic mass is 19.4. The zero-order valence-corrected chi connectivity index (χ0v) is 8.23. The van der Waals surface area contributed by atoms with E-state index in [1.807, 2.05) is 0 Å². The monoisotopic (exact) mass is 246 g/mol. The Morgan fingerprint density at radius 3 is 2.88 bits per heavy atom. The molecule has 8 heteroatoms. The van der Waals surface area contributed by atoms with Gasteiger partial charge in [-0.15, -0.1) is 0 Å². The maximum absolute atomic E-state index is 12.4. The van der Waals surface area contributed by atoms with E-state index < -0.39 is 30.3 Å². The molecule has 0 aromatic carbocycles. The Morgan fingerprint density at radius 1 is 1.47 bits per heavy atom. The van der Waals surface area contributed by atoms with Crippen LogP contribution >= 0.6 is 0 Å². The van der Waals surface area contributed by atoms with Crippen LogP contribution in [0.4, 0.5) is 13.2 Å². The number of hydrogen-bond donors (Lipinski definition) is 0. The molecule has 5 nitrogen and oxygen atoms in total. The predicted octanol–water partition coefficient (Wildman–Crippen LogP) is 1.12. The second-order valence-corrected chi connectivity index (χ2v) is 3.06. The van der Waals surface area contributed by atoms with Crippen molar-refractivity contribution in [2.45, 2.75) is 6.18 Å². The van der Waals surface area contributed by atoms with Crippen molar-refractivity contribution in [3.05, 3.63) is 34.4 Å². The highest BCUT2D eigenvalue weighted by Gasteiger charge is 2.33. The minimum atomic E-state index is -4.72. The minimum Gasteiger partial charge on any atom is -0.481 e. The van der Waals surface area contributed by atoms with Gasteiger partial charge < -0.3 is 4.74 Å². The molecule has 0 radical (unpaired) electrons. The topological polar surface area (TPSA) is 56.5 Å². The van der Waals surface area contributed by atoms with E-state index in [-0.39, 0.29) is 5.88 Å². The van der Waals surface area contributed by atoms with Gasteiger partial charge >= 0.3 is 6.18 Å². The van der Waals surface area contributed by atoms with Gasteiger partial charge in [0.05, 0.1) is 8.46 Å². The van der Waals surface area contributed by atoms with E-state index in [1.165, 1.54) is 12.3 Å². The van der Waals surface area contributed by atoms with Gasteiger partial charge in [-0.1, -0.05) is 0 Å². The number of fused-ring (bicyclic) bond motifs is 1. The fraction of sp³-hybridized carbons (Fsp3) is 0.222. The highest BCUT2D eigenvalue weighted by Crippen LogP contribution is 2.26. The number of rotatable bonds is 1. The second kappa shape index (κ2) is 3.72. The van der Waals surface area contributed by atoms with E-state index in [2.05, 4.69) is 9.97 Å². The van der Waals surface area contributed by atoms with Crippen LogP contribution in [-0.2, 0) is 6.18 Å². The van der Waals surface area contributed by atoms with Crippen LogP contribution in [0.5, 0.6) is 5.88 Å². The van der Waals surface area contributed by atoms with Crippen molar-refractivity contribution in [3.8, 4) is 5.88 Å². The molecule has 0 bridgehead atoms. The van der Waals surface area contributed by atoms with Gasteiger partial charge in [0.1, 0.15) is 0 Å². The van der Waals surface area contributed by atoms with Crippen molar-refractivity contribution in [2.24, 2.45) is 0 Å². The van der Waals surface area contributed by atoms with Crippen LogP contribution in [0.1, 0.15) is 7.06 Å². The van der Waals surface area contributed by atoms with Gasteiger partial charge in [0.25, 0.3) is 5.56 Å². The molecule has 0 saturated heterocycles. The first-order chi connectivity index (χ1) is 8.41. The lowest BCUT2D eigenvalue weighted by Crippen LogP contribution is -2.20. The molecule has 0 aliphatic heterocycles. The Hall–Kier alpha value is -2.12. The third-order valence-electron chi connectivity index (χ3n) is 1.95. The molecule has 2 heterocycles. The zero-order chi connectivity index (χ0) is 13.3. The summed E-state index contributed by atoms with van der Waals surface area (Å²) in [6.45, 7) is 0. The summed E-state index contributed by atoms with van der Waals surface area (Å²) >= 11 is 0. The Bertz CT molecular complexity index is 641. The van der Waals surface area contributed by atoms with Crippen molar-refractivity contribution in [1.82, 2.24) is 14.4 Å². The van der Waals surface area contributed by atoms with E-state index in [0.717, 1.165) is 4.40 Å². The quantitative estimate of drug-likeness (QED) is 0.756. The summed E-state index contributed by atoms with van der Waals surface area (Å²) < 4.78 is 49.7. The summed E-state index contributed by atoms with van der Waals surface area (Å²) in [4.78, 5) is 18.3. The number of aromatic nitrogens is 3. The largest absolute Gasteiger partial charge is 0.481 e. The second-order valence-electron chi connectivity index (χ2n) is 3.06. The van der Waals surface area contributed by atoms with Gasteiger partial charge in [-0.05, 0) is 0 Å². The molecule has 0 atom stereocenters. The van der Waals surface area contributed by atoms with Gasteiger partial charge in [0.2, 0.25) is 11.7 Å². The van der Waals surface area contributed by atoms with E-state index >= 15 is 0 Å². The van der Waals surface area contributed by atoms with Crippen molar-refractivity contribution in [3.63, 3.8) is 0 Å². The Balaban J connectivity index is 2.65. The SMILES string of the molecule is [2H]COc1ccn2c(=O)cc(C(F)(F)F)nc2n1. The van der Waals surface area contributed by atoms with Crippen LogP contribution in [0.3, 0.4) is 0 Å². The van der Waals surface area contributed by atoms with Crippen LogP contribution in [0, 0.1) is 0 Å². The fourth-order valence-corrected chi connectivity index (χ4v) is 1.20. The number of nitrogens with zero attached hydrogens (tertiary/aromatic N) is 3. The third kappa shape index (κ3) is 2.05. The van der Waals surface area contributed by atoms with Crippen molar-refractivity contribution < 1.29 is 19.3 Å². The van der Waals surface area contributed by atoms with Gasteiger partial charge in [0.15, 0.2) is 5.69 Å². The first-order valence-electron chi connectivity index (χ1n) is 5.02. The van der Waals surface area contributed by atoms with Gasteiger partial charge in [-0.3, -0.25) is 9.20 Å². The van der Waals surface area contributed by atoms with Crippen molar-refractivity contribution in [1.29, 1.82) is 0 Å². The molecule has 2 rings (SSSR count). The van der Waals surface area contributed by atoms with Gasteiger partial charge in [-0.2, -0.15) is 18.2 Å². The first-order valence-corrected chi connectivity index (χ1v) is 4.31. The number of ether oxygens (including phenoxy) is 1. The molecule has 90 valence electrons.